The molecule has 3 heteroatoms. The highest BCUT2D eigenvalue weighted by Gasteiger charge is 2.57. The number of hydrogen-bond donors (Lipinski definition) is 1. The molecule has 0 aromatic heterocycles. The van der Waals surface area contributed by atoms with Crippen molar-refractivity contribution >= 4 is 5.97 Å². The average molecular weight is 266 g/mol. The molecule has 2 aromatic carbocycles. The molecule has 2 bridgehead atoms. The Labute approximate surface area is 116 Å². The summed E-state index contributed by atoms with van der Waals surface area (Å²) in [4.78, 5) is 12.1. The van der Waals surface area contributed by atoms with Crippen molar-refractivity contribution < 1.29 is 14.6 Å². The quantitative estimate of drug-likeness (QED) is 0.909. The number of carbonyl (C=O) groups is 1. The van der Waals surface area contributed by atoms with Crippen molar-refractivity contribution in [2.75, 3.05) is 7.11 Å². The monoisotopic (exact) mass is 266 g/mol. The van der Waals surface area contributed by atoms with Crippen LogP contribution in [-0.4, -0.2) is 18.2 Å². The molecule has 2 aliphatic rings. The van der Waals surface area contributed by atoms with Gasteiger partial charge in [-0.25, -0.2) is 0 Å². The van der Waals surface area contributed by atoms with Gasteiger partial charge in [-0.15, -0.1) is 0 Å². The number of aliphatic carboxylic acids is 1. The van der Waals surface area contributed by atoms with Gasteiger partial charge >= 0.3 is 5.97 Å². The van der Waals surface area contributed by atoms with Gasteiger partial charge in [0.1, 0.15) is 11.2 Å². The van der Waals surface area contributed by atoms with Crippen molar-refractivity contribution in [2.24, 2.45) is 0 Å². The Bertz CT molecular complexity index is 735. The van der Waals surface area contributed by atoms with Gasteiger partial charge in [0.05, 0.1) is 7.11 Å². The Morgan fingerprint density at radius 1 is 1.20 bits per heavy atom. The summed E-state index contributed by atoms with van der Waals surface area (Å²) < 4.78 is 5.27. The van der Waals surface area contributed by atoms with E-state index < -0.39 is 11.4 Å². The first-order chi connectivity index (χ1) is 9.68. The fourth-order valence-electron chi connectivity index (χ4n) is 3.90. The first-order valence-corrected chi connectivity index (χ1v) is 6.69. The topological polar surface area (TPSA) is 46.5 Å². The lowest BCUT2D eigenvalue weighted by atomic mass is 9.75. The molecule has 3 nitrogen and oxygen atoms in total. The minimum Gasteiger partial charge on any atom is -0.497 e. The Hall–Kier alpha value is -2.29. The van der Waals surface area contributed by atoms with Crippen LogP contribution in [0.2, 0.25) is 0 Å². The highest BCUT2D eigenvalue weighted by Crippen LogP contribution is 2.60. The molecule has 0 aliphatic heterocycles. The van der Waals surface area contributed by atoms with E-state index in [1.807, 2.05) is 36.4 Å². The number of rotatable bonds is 2. The Kier molecular flexibility index (Phi) is 2.09. The molecule has 0 saturated carbocycles. The maximum Gasteiger partial charge on any atom is 0.318 e. The zero-order valence-corrected chi connectivity index (χ0v) is 11.1. The van der Waals surface area contributed by atoms with Crippen LogP contribution in [-0.2, 0) is 10.2 Å². The van der Waals surface area contributed by atoms with Crippen LogP contribution in [0.15, 0.2) is 42.5 Å². The lowest BCUT2D eigenvalue weighted by Gasteiger charge is -2.27. The highest BCUT2D eigenvalue weighted by molar-refractivity contribution is 5.91. The summed E-state index contributed by atoms with van der Waals surface area (Å²) in [5.74, 6) is 0.150. The van der Waals surface area contributed by atoms with Crippen LogP contribution in [0, 0.1) is 0 Å². The van der Waals surface area contributed by atoms with Crippen LogP contribution in [0.25, 0.3) is 0 Å². The Morgan fingerprint density at radius 2 is 1.95 bits per heavy atom. The number of methoxy groups -OCH3 is 1. The van der Waals surface area contributed by atoms with E-state index in [-0.39, 0.29) is 5.92 Å². The molecule has 2 aliphatic carbocycles. The SMILES string of the molecule is COc1ccc2c(c1)C1(C(=O)O)CC2c2ccccc21. The third-order valence-corrected chi connectivity index (χ3v) is 4.77. The molecule has 0 spiro atoms. The zero-order valence-electron chi connectivity index (χ0n) is 11.1. The molecule has 0 fully saturated rings. The van der Waals surface area contributed by atoms with Crippen molar-refractivity contribution in [2.45, 2.75) is 17.8 Å². The predicted octanol–water partition coefficient (Wildman–Crippen LogP) is 2.91. The van der Waals surface area contributed by atoms with E-state index in [9.17, 15) is 9.90 Å². The molecule has 100 valence electrons. The largest absolute Gasteiger partial charge is 0.497 e. The van der Waals surface area contributed by atoms with Gasteiger partial charge in [0.25, 0.3) is 0 Å². The maximum atomic E-state index is 12.1. The van der Waals surface area contributed by atoms with Crippen LogP contribution in [0.3, 0.4) is 0 Å². The van der Waals surface area contributed by atoms with E-state index in [4.69, 9.17) is 4.74 Å². The van der Waals surface area contributed by atoms with E-state index in [1.54, 1.807) is 7.11 Å². The molecule has 2 unspecified atom stereocenters. The van der Waals surface area contributed by atoms with Crippen LogP contribution >= 0.6 is 0 Å². The summed E-state index contributed by atoms with van der Waals surface area (Å²) in [5, 5.41) is 9.91. The van der Waals surface area contributed by atoms with Crippen molar-refractivity contribution in [3.05, 3.63) is 64.7 Å². The Morgan fingerprint density at radius 3 is 2.70 bits per heavy atom. The van der Waals surface area contributed by atoms with Gasteiger partial charge in [0.2, 0.25) is 0 Å². The van der Waals surface area contributed by atoms with Gasteiger partial charge < -0.3 is 9.84 Å². The van der Waals surface area contributed by atoms with Crippen molar-refractivity contribution in [3.8, 4) is 5.75 Å². The molecule has 0 saturated heterocycles. The maximum absolute atomic E-state index is 12.1. The third-order valence-electron chi connectivity index (χ3n) is 4.77. The summed E-state index contributed by atoms with van der Waals surface area (Å²) in [6.07, 6.45) is 0.629. The second-order valence-electron chi connectivity index (χ2n) is 5.51. The van der Waals surface area contributed by atoms with Crippen molar-refractivity contribution in [3.63, 3.8) is 0 Å². The van der Waals surface area contributed by atoms with Gasteiger partial charge in [0.15, 0.2) is 0 Å². The van der Waals surface area contributed by atoms with Crippen LogP contribution < -0.4 is 4.74 Å². The van der Waals surface area contributed by atoms with E-state index in [1.165, 1.54) is 0 Å². The number of carboxylic acid groups (broad SMARTS) is 1. The van der Waals surface area contributed by atoms with E-state index >= 15 is 0 Å². The normalized spacial score (nSPS) is 25.1. The smallest absolute Gasteiger partial charge is 0.318 e. The van der Waals surface area contributed by atoms with Gasteiger partial charge in [-0.3, -0.25) is 4.79 Å². The number of ether oxygens (including phenoxy) is 1. The first-order valence-electron chi connectivity index (χ1n) is 6.69. The van der Waals surface area contributed by atoms with Crippen molar-refractivity contribution in [1.29, 1.82) is 0 Å². The lowest BCUT2D eigenvalue weighted by Crippen LogP contribution is -2.33. The van der Waals surface area contributed by atoms with Crippen molar-refractivity contribution in [1.82, 2.24) is 0 Å². The average Bonchev–Trinajstić information content (AvgIpc) is 3.00. The Balaban J connectivity index is 2.05. The minimum absolute atomic E-state index is 0.197. The fourth-order valence-corrected chi connectivity index (χ4v) is 3.90. The minimum atomic E-state index is -0.898. The summed E-state index contributed by atoms with van der Waals surface area (Å²) >= 11 is 0. The molecule has 0 heterocycles. The number of carboxylic acids is 1. The van der Waals surface area contributed by atoms with Gasteiger partial charge in [-0.05, 0) is 40.8 Å². The third kappa shape index (κ3) is 1.14. The van der Waals surface area contributed by atoms with Crippen LogP contribution in [0.5, 0.6) is 5.75 Å². The second kappa shape index (κ2) is 3.63. The molecule has 2 atom stereocenters. The number of hydrogen-bond acceptors (Lipinski definition) is 2. The number of fused-ring (bicyclic) bond motifs is 8. The van der Waals surface area contributed by atoms with Gasteiger partial charge in [0, 0.05) is 5.92 Å². The summed E-state index contributed by atoms with van der Waals surface area (Å²) in [5.41, 5.74) is 3.23. The molecular weight excluding hydrogens is 252 g/mol. The molecule has 4 rings (SSSR count). The zero-order chi connectivity index (χ0) is 13.9. The molecule has 2 aromatic rings. The predicted molar refractivity (Wildman–Crippen MR) is 74.3 cm³/mol. The molecule has 0 amide bonds. The molecule has 20 heavy (non-hydrogen) atoms. The van der Waals surface area contributed by atoms with E-state index in [0.29, 0.717) is 6.42 Å². The fraction of sp³-hybridized carbons (Fsp3) is 0.235. The summed E-state index contributed by atoms with van der Waals surface area (Å²) in [6, 6.07) is 13.7. The molecule has 1 N–H and O–H groups in total. The van der Waals surface area contributed by atoms with Gasteiger partial charge in [-0.2, -0.15) is 0 Å². The highest BCUT2D eigenvalue weighted by atomic mass is 16.5. The van der Waals surface area contributed by atoms with Crippen LogP contribution in [0.1, 0.15) is 34.6 Å². The standard InChI is InChI=1S/C17H14O3/c1-20-10-6-7-12-13-9-17(16(18)19,15(12)8-10)14-5-3-2-4-11(13)14/h2-8,13H,9H2,1H3,(H,18,19). The summed E-state index contributed by atoms with van der Waals surface area (Å²) in [6.45, 7) is 0. The van der Waals surface area contributed by atoms with Crippen LogP contribution in [0.4, 0.5) is 0 Å². The first kappa shape index (κ1) is 11.5. The summed E-state index contributed by atoms with van der Waals surface area (Å²) in [7, 11) is 1.61. The second-order valence-corrected chi connectivity index (χ2v) is 5.51. The van der Waals surface area contributed by atoms with Gasteiger partial charge in [-0.1, -0.05) is 30.3 Å². The van der Waals surface area contributed by atoms with E-state index in [0.717, 1.165) is 28.0 Å². The molecular formula is C17H14O3. The number of benzene rings is 2. The van der Waals surface area contributed by atoms with E-state index in [2.05, 4.69) is 6.07 Å². The lowest BCUT2D eigenvalue weighted by molar-refractivity contribution is -0.141. The molecule has 0 radical (unpaired) electrons.